The SMILES string of the molecule is CN1CC2CN(c3nccn4cc(C(F)(F)F)nc34)CC2C1. The molecule has 0 spiro atoms. The summed E-state index contributed by atoms with van der Waals surface area (Å²) in [5.41, 5.74) is -0.593. The van der Waals surface area contributed by atoms with Crippen LogP contribution < -0.4 is 4.90 Å². The molecule has 0 saturated carbocycles. The van der Waals surface area contributed by atoms with Gasteiger partial charge in [0.2, 0.25) is 0 Å². The van der Waals surface area contributed by atoms with Gasteiger partial charge in [-0.25, -0.2) is 9.97 Å². The number of nitrogens with zero attached hydrogens (tertiary/aromatic N) is 5. The number of aromatic nitrogens is 3. The van der Waals surface area contributed by atoms with Crippen LogP contribution in [0.15, 0.2) is 18.6 Å². The topological polar surface area (TPSA) is 36.7 Å². The molecular weight excluding hydrogens is 295 g/mol. The van der Waals surface area contributed by atoms with Gasteiger partial charge < -0.3 is 14.2 Å². The van der Waals surface area contributed by atoms with Crippen molar-refractivity contribution in [2.75, 3.05) is 38.1 Å². The number of hydrogen-bond donors (Lipinski definition) is 0. The van der Waals surface area contributed by atoms with Crippen molar-refractivity contribution in [1.29, 1.82) is 0 Å². The van der Waals surface area contributed by atoms with Crippen LogP contribution in [-0.2, 0) is 6.18 Å². The third kappa shape index (κ3) is 2.13. The molecule has 5 nitrogen and oxygen atoms in total. The van der Waals surface area contributed by atoms with Gasteiger partial charge >= 0.3 is 6.18 Å². The first-order chi connectivity index (χ1) is 10.4. The zero-order valence-electron chi connectivity index (χ0n) is 12.1. The first kappa shape index (κ1) is 13.8. The Kier molecular flexibility index (Phi) is 2.87. The molecule has 2 aliphatic heterocycles. The third-order valence-corrected chi connectivity index (χ3v) is 4.62. The number of hydrogen-bond acceptors (Lipinski definition) is 4. The number of anilines is 1. The number of likely N-dealkylation sites (tertiary alicyclic amines) is 1. The molecule has 0 aliphatic carbocycles. The van der Waals surface area contributed by atoms with Crippen LogP contribution in [0.4, 0.5) is 19.0 Å². The highest BCUT2D eigenvalue weighted by atomic mass is 19.4. The lowest BCUT2D eigenvalue weighted by molar-refractivity contribution is -0.140. The minimum Gasteiger partial charge on any atom is -0.353 e. The van der Waals surface area contributed by atoms with Gasteiger partial charge in [0.1, 0.15) is 0 Å². The highest BCUT2D eigenvalue weighted by Crippen LogP contribution is 2.35. The van der Waals surface area contributed by atoms with Crippen molar-refractivity contribution in [3.05, 3.63) is 24.3 Å². The zero-order valence-corrected chi connectivity index (χ0v) is 12.1. The molecule has 2 fully saturated rings. The molecule has 4 heterocycles. The Balaban J connectivity index is 1.69. The predicted molar refractivity (Wildman–Crippen MR) is 74.7 cm³/mol. The lowest BCUT2D eigenvalue weighted by atomic mass is 10.0. The van der Waals surface area contributed by atoms with E-state index in [1.165, 1.54) is 16.8 Å². The Labute approximate surface area is 125 Å². The molecule has 0 amide bonds. The maximum atomic E-state index is 12.9. The highest BCUT2D eigenvalue weighted by molar-refractivity contribution is 5.65. The summed E-state index contributed by atoms with van der Waals surface area (Å²) in [7, 11) is 2.10. The highest BCUT2D eigenvalue weighted by Gasteiger charge is 2.40. The van der Waals surface area contributed by atoms with Gasteiger partial charge in [0.05, 0.1) is 0 Å². The minimum absolute atomic E-state index is 0.281. The summed E-state index contributed by atoms with van der Waals surface area (Å²) >= 11 is 0. The summed E-state index contributed by atoms with van der Waals surface area (Å²) in [6.45, 7) is 3.73. The van der Waals surface area contributed by atoms with Crippen LogP contribution >= 0.6 is 0 Å². The summed E-state index contributed by atoms with van der Waals surface area (Å²) < 4.78 is 40.0. The smallest absolute Gasteiger partial charge is 0.353 e. The molecule has 0 radical (unpaired) electrons. The fraction of sp³-hybridized carbons (Fsp3) is 0.571. The van der Waals surface area contributed by atoms with Crippen LogP contribution in [0, 0.1) is 11.8 Å². The van der Waals surface area contributed by atoms with Crippen molar-refractivity contribution < 1.29 is 13.2 Å². The molecule has 2 aliphatic rings. The summed E-state index contributed by atoms with van der Waals surface area (Å²) in [4.78, 5) is 12.4. The molecule has 0 N–H and O–H groups in total. The first-order valence-electron chi connectivity index (χ1n) is 7.26. The maximum Gasteiger partial charge on any atom is 0.434 e. The van der Waals surface area contributed by atoms with Gasteiger partial charge in [0.15, 0.2) is 17.2 Å². The maximum absolute atomic E-state index is 12.9. The molecule has 118 valence electrons. The van der Waals surface area contributed by atoms with Crippen LogP contribution in [0.5, 0.6) is 0 Å². The Morgan fingerprint density at radius 1 is 1.14 bits per heavy atom. The van der Waals surface area contributed by atoms with E-state index < -0.39 is 11.9 Å². The Bertz CT molecular complexity index is 696. The van der Waals surface area contributed by atoms with Gasteiger partial charge in [-0.1, -0.05) is 0 Å². The summed E-state index contributed by atoms with van der Waals surface area (Å²) in [6.07, 6.45) is -0.380. The second kappa shape index (κ2) is 4.58. The van der Waals surface area contributed by atoms with E-state index >= 15 is 0 Å². The fourth-order valence-electron chi connectivity index (χ4n) is 3.67. The average molecular weight is 311 g/mol. The number of rotatable bonds is 1. The number of imidazole rings is 1. The van der Waals surface area contributed by atoms with E-state index in [1.54, 1.807) is 0 Å². The van der Waals surface area contributed by atoms with Crippen LogP contribution in [0.1, 0.15) is 5.69 Å². The van der Waals surface area contributed by atoms with Crippen LogP contribution in [0.3, 0.4) is 0 Å². The number of fused-ring (bicyclic) bond motifs is 2. The lowest BCUT2D eigenvalue weighted by Gasteiger charge is -2.20. The fourth-order valence-corrected chi connectivity index (χ4v) is 3.67. The molecule has 2 aromatic rings. The quantitative estimate of drug-likeness (QED) is 0.804. The molecule has 0 aromatic carbocycles. The van der Waals surface area contributed by atoms with Crippen LogP contribution in [-0.4, -0.2) is 52.5 Å². The van der Waals surface area contributed by atoms with E-state index in [4.69, 9.17) is 0 Å². The van der Waals surface area contributed by atoms with E-state index in [0.29, 0.717) is 17.7 Å². The molecule has 0 bridgehead atoms. The van der Waals surface area contributed by atoms with Crippen molar-refractivity contribution >= 4 is 11.5 Å². The monoisotopic (exact) mass is 311 g/mol. The Morgan fingerprint density at radius 2 is 1.82 bits per heavy atom. The van der Waals surface area contributed by atoms with Crippen molar-refractivity contribution in [1.82, 2.24) is 19.3 Å². The van der Waals surface area contributed by atoms with Gasteiger partial charge in [-0.3, -0.25) is 0 Å². The predicted octanol–water partition coefficient (Wildman–Crippen LogP) is 1.75. The molecule has 4 rings (SSSR count). The third-order valence-electron chi connectivity index (χ3n) is 4.62. The molecule has 2 saturated heterocycles. The summed E-state index contributed by atoms with van der Waals surface area (Å²) in [6, 6.07) is 0. The molecule has 8 heteroatoms. The van der Waals surface area contributed by atoms with E-state index in [0.717, 1.165) is 32.4 Å². The van der Waals surface area contributed by atoms with Crippen LogP contribution in [0.25, 0.3) is 5.65 Å². The molecular formula is C14H16F3N5. The largest absolute Gasteiger partial charge is 0.434 e. The van der Waals surface area contributed by atoms with E-state index in [9.17, 15) is 13.2 Å². The van der Waals surface area contributed by atoms with E-state index in [2.05, 4.69) is 26.8 Å². The van der Waals surface area contributed by atoms with Gasteiger partial charge in [0.25, 0.3) is 0 Å². The van der Waals surface area contributed by atoms with Crippen molar-refractivity contribution in [2.24, 2.45) is 11.8 Å². The molecule has 2 atom stereocenters. The normalized spacial score (nSPS) is 26.1. The van der Waals surface area contributed by atoms with E-state index in [1.807, 2.05) is 0 Å². The number of halogens is 3. The summed E-state index contributed by atoms with van der Waals surface area (Å²) in [5, 5.41) is 0. The average Bonchev–Trinajstić information content (AvgIpc) is 3.08. The number of alkyl halides is 3. The van der Waals surface area contributed by atoms with Crippen molar-refractivity contribution in [3.63, 3.8) is 0 Å². The van der Waals surface area contributed by atoms with Gasteiger partial charge in [0, 0.05) is 44.8 Å². The Hall–Kier alpha value is -1.83. The van der Waals surface area contributed by atoms with Crippen LogP contribution in [0.2, 0.25) is 0 Å². The second-order valence-electron chi connectivity index (χ2n) is 6.25. The second-order valence-corrected chi connectivity index (χ2v) is 6.25. The minimum atomic E-state index is -4.44. The van der Waals surface area contributed by atoms with Gasteiger partial charge in [-0.2, -0.15) is 13.2 Å². The van der Waals surface area contributed by atoms with Crippen molar-refractivity contribution in [2.45, 2.75) is 6.18 Å². The molecule has 2 unspecified atom stereocenters. The van der Waals surface area contributed by atoms with E-state index in [-0.39, 0.29) is 5.65 Å². The molecule has 22 heavy (non-hydrogen) atoms. The molecule has 2 aromatic heterocycles. The zero-order chi connectivity index (χ0) is 15.5. The van der Waals surface area contributed by atoms with Crippen molar-refractivity contribution in [3.8, 4) is 0 Å². The first-order valence-corrected chi connectivity index (χ1v) is 7.26. The summed E-state index contributed by atoms with van der Waals surface area (Å²) in [5.74, 6) is 1.67. The van der Waals surface area contributed by atoms with Gasteiger partial charge in [-0.05, 0) is 18.9 Å². The lowest BCUT2D eigenvalue weighted by Crippen LogP contribution is -2.27. The Morgan fingerprint density at radius 3 is 2.45 bits per heavy atom. The standard InChI is InChI=1S/C14H16F3N5/c1-20-4-9-6-22(7-10(9)5-20)12-13-19-11(14(15,16)17)8-21(13)3-2-18-12/h2-3,8-10H,4-7H2,1H3. The van der Waals surface area contributed by atoms with Gasteiger partial charge in [-0.15, -0.1) is 0 Å².